The molecular formula is C20H31N3O5Si. The van der Waals surface area contributed by atoms with E-state index in [1.54, 1.807) is 19.2 Å². The van der Waals surface area contributed by atoms with Crippen LogP contribution < -0.4 is 10.5 Å². The first kappa shape index (κ1) is 21.7. The summed E-state index contributed by atoms with van der Waals surface area (Å²) in [5.41, 5.74) is 0.512. The molecule has 0 amide bonds. The molecule has 0 aliphatic carbocycles. The number of carbonyl (C=O) groups excluding carboxylic acids is 1. The molecule has 1 aromatic heterocycles. The highest BCUT2D eigenvalue weighted by molar-refractivity contribution is 6.76. The molecule has 1 spiro atoms. The summed E-state index contributed by atoms with van der Waals surface area (Å²) in [6.45, 7) is 12.7. The molecule has 0 atom stereocenters. The zero-order valence-corrected chi connectivity index (χ0v) is 18.8. The third-order valence-corrected chi connectivity index (χ3v) is 6.75. The lowest BCUT2D eigenvalue weighted by atomic mass is 9.78. The highest BCUT2D eigenvalue weighted by Crippen LogP contribution is 2.38. The van der Waals surface area contributed by atoms with Gasteiger partial charge >= 0.3 is 5.97 Å². The highest BCUT2D eigenvalue weighted by Gasteiger charge is 2.50. The maximum absolute atomic E-state index is 12.9. The maximum atomic E-state index is 12.9. The minimum atomic E-state index is -1.20. The number of esters is 1. The Morgan fingerprint density at radius 1 is 1.34 bits per heavy atom. The van der Waals surface area contributed by atoms with Gasteiger partial charge in [0.1, 0.15) is 6.73 Å². The number of rotatable bonds is 9. The minimum Gasteiger partial charge on any atom is -0.463 e. The number of nitrogens with zero attached hydrogens (tertiary/aromatic N) is 3. The Morgan fingerprint density at radius 2 is 2.07 bits per heavy atom. The standard InChI is InChI=1S/C20H31N3O5Si/c1-5-28-17(24)7-6-16-10-22(15-26-8-9-29(2,3)4)19(25)18(21-16)23-11-20(12-23)13-27-14-20/h6-7,10H,5,8-9,11-15H2,1-4H3/b7-6+. The second kappa shape index (κ2) is 8.81. The summed E-state index contributed by atoms with van der Waals surface area (Å²) in [6, 6.07) is 1.03. The highest BCUT2D eigenvalue weighted by atomic mass is 28.3. The van der Waals surface area contributed by atoms with Crippen molar-refractivity contribution in [2.75, 3.05) is 44.4 Å². The molecule has 0 radical (unpaired) electrons. The Kier molecular flexibility index (Phi) is 6.60. The zero-order valence-electron chi connectivity index (χ0n) is 17.8. The molecule has 0 N–H and O–H groups in total. The van der Waals surface area contributed by atoms with Gasteiger partial charge in [0.15, 0.2) is 5.82 Å². The van der Waals surface area contributed by atoms with Crippen molar-refractivity contribution < 1.29 is 19.0 Å². The van der Waals surface area contributed by atoms with Gasteiger partial charge in [0, 0.05) is 40.0 Å². The molecule has 9 heteroatoms. The molecule has 2 aliphatic rings. The van der Waals surface area contributed by atoms with Crippen LogP contribution in [0.4, 0.5) is 5.82 Å². The van der Waals surface area contributed by atoms with Crippen molar-refractivity contribution in [3.63, 3.8) is 0 Å². The molecule has 1 aromatic rings. The van der Waals surface area contributed by atoms with Gasteiger partial charge in [-0.3, -0.25) is 9.36 Å². The summed E-state index contributed by atoms with van der Waals surface area (Å²) in [4.78, 5) is 31.0. The van der Waals surface area contributed by atoms with Crippen LogP contribution in [-0.4, -0.2) is 63.1 Å². The minimum absolute atomic E-state index is 0.168. The van der Waals surface area contributed by atoms with Gasteiger partial charge < -0.3 is 19.1 Å². The third-order valence-electron chi connectivity index (χ3n) is 5.05. The van der Waals surface area contributed by atoms with Crippen molar-refractivity contribution in [3.8, 4) is 0 Å². The van der Waals surface area contributed by atoms with Gasteiger partial charge in [-0.2, -0.15) is 0 Å². The number of hydrogen-bond acceptors (Lipinski definition) is 7. The fraction of sp³-hybridized carbons (Fsp3) is 0.650. The summed E-state index contributed by atoms with van der Waals surface area (Å²) >= 11 is 0. The summed E-state index contributed by atoms with van der Waals surface area (Å²) in [7, 11) is -1.20. The Hall–Kier alpha value is -1.97. The van der Waals surface area contributed by atoms with E-state index in [0.717, 1.165) is 32.3 Å². The van der Waals surface area contributed by atoms with E-state index in [1.807, 2.05) is 4.90 Å². The van der Waals surface area contributed by atoms with Crippen molar-refractivity contribution in [2.45, 2.75) is 39.3 Å². The quantitative estimate of drug-likeness (QED) is 0.261. The summed E-state index contributed by atoms with van der Waals surface area (Å²) in [5.74, 6) is -0.0446. The Bertz CT molecular complexity index is 818. The summed E-state index contributed by atoms with van der Waals surface area (Å²) in [5, 5.41) is 0. The molecule has 2 fully saturated rings. The molecule has 3 heterocycles. The number of aromatic nitrogens is 2. The van der Waals surface area contributed by atoms with E-state index in [-0.39, 0.29) is 17.7 Å². The fourth-order valence-corrected chi connectivity index (χ4v) is 4.06. The lowest BCUT2D eigenvalue weighted by molar-refractivity contribution is -0.137. The first-order valence-corrected chi connectivity index (χ1v) is 13.8. The van der Waals surface area contributed by atoms with Crippen LogP contribution in [0.3, 0.4) is 0 Å². The number of anilines is 1. The second-order valence-electron chi connectivity index (χ2n) is 9.05. The summed E-state index contributed by atoms with van der Waals surface area (Å²) < 4.78 is 17.5. The number of ether oxygens (including phenoxy) is 3. The Balaban J connectivity index is 1.76. The van der Waals surface area contributed by atoms with Crippen molar-refractivity contribution in [1.29, 1.82) is 0 Å². The van der Waals surface area contributed by atoms with Crippen molar-refractivity contribution in [2.24, 2.45) is 5.41 Å². The lowest BCUT2D eigenvalue weighted by Crippen LogP contribution is -2.67. The number of carbonyl (C=O) groups is 1. The maximum Gasteiger partial charge on any atom is 0.330 e. The molecule has 8 nitrogen and oxygen atoms in total. The first-order valence-electron chi connectivity index (χ1n) is 10.1. The van der Waals surface area contributed by atoms with Gasteiger partial charge in [0.25, 0.3) is 5.56 Å². The van der Waals surface area contributed by atoms with E-state index < -0.39 is 14.0 Å². The van der Waals surface area contributed by atoms with Gasteiger partial charge in [-0.15, -0.1) is 0 Å². The molecule has 160 valence electrons. The van der Waals surface area contributed by atoms with Gasteiger partial charge in [0.05, 0.1) is 30.9 Å². The van der Waals surface area contributed by atoms with Crippen LogP contribution in [0, 0.1) is 5.41 Å². The van der Waals surface area contributed by atoms with Gasteiger partial charge in [0.2, 0.25) is 0 Å². The Morgan fingerprint density at radius 3 is 2.66 bits per heavy atom. The molecule has 0 bridgehead atoms. The topological polar surface area (TPSA) is 82.9 Å². The zero-order chi connectivity index (χ0) is 21.1. The van der Waals surface area contributed by atoms with Crippen LogP contribution in [0.15, 0.2) is 17.1 Å². The van der Waals surface area contributed by atoms with Crippen molar-refractivity contribution >= 4 is 25.9 Å². The van der Waals surface area contributed by atoms with Crippen LogP contribution in [0.1, 0.15) is 12.6 Å². The second-order valence-corrected chi connectivity index (χ2v) is 14.7. The fourth-order valence-electron chi connectivity index (χ4n) is 3.30. The van der Waals surface area contributed by atoms with Crippen LogP contribution in [0.2, 0.25) is 25.7 Å². The van der Waals surface area contributed by atoms with Gasteiger partial charge in [-0.05, 0) is 19.0 Å². The normalized spacial score (nSPS) is 18.0. The monoisotopic (exact) mass is 421 g/mol. The molecule has 29 heavy (non-hydrogen) atoms. The molecule has 0 aromatic carbocycles. The van der Waals surface area contributed by atoms with Gasteiger partial charge in [-0.1, -0.05) is 19.6 Å². The SMILES string of the molecule is CCOC(=O)/C=C/c1cn(COCC[Si](C)(C)C)c(=O)c(N2CC3(COC3)C2)n1. The first-order chi connectivity index (χ1) is 13.7. The lowest BCUT2D eigenvalue weighted by Gasteiger charge is -2.55. The third kappa shape index (κ3) is 5.55. The van der Waals surface area contributed by atoms with Gasteiger partial charge in [-0.25, -0.2) is 9.78 Å². The Labute approximate surface area is 172 Å². The smallest absolute Gasteiger partial charge is 0.330 e. The predicted molar refractivity (Wildman–Crippen MR) is 114 cm³/mol. The van der Waals surface area contributed by atoms with E-state index in [1.165, 1.54) is 10.6 Å². The molecule has 2 aliphatic heterocycles. The molecule has 2 saturated heterocycles. The van der Waals surface area contributed by atoms with Crippen LogP contribution in [0.5, 0.6) is 0 Å². The number of hydrogen-bond donors (Lipinski definition) is 0. The van der Waals surface area contributed by atoms with Crippen molar-refractivity contribution in [1.82, 2.24) is 9.55 Å². The predicted octanol–water partition coefficient (Wildman–Crippen LogP) is 1.97. The largest absolute Gasteiger partial charge is 0.463 e. The van der Waals surface area contributed by atoms with E-state index in [2.05, 4.69) is 24.6 Å². The molecule has 3 rings (SSSR count). The van der Waals surface area contributed by atoms with Crippen molar-refractivity contribution in [3.05, 3.63) is 28.3 Å². The average Bonchev–Trinajstić information content (AvgIpc) is 2.56. The molecule has 0 unspecified atom stereocenters. The van der Waals surface area contributed by atoms with E-state index in [9.17, 15) is 9.59 Å². The van der Waals surface area contributed by atoms with E-state index >= 15 is 0 Å². The van der Waals surface area contributed by atoms with Crippen LogP contribution in [-0.2, 0) is 25.7 Å². The summed E-state index contributed by atoms with van der Waals surface area (Å²) in [6.07, 6.45) is 4.52. The molecule has 0 saturated carbocycles. The molecular weight excluding hydrogens is 390 g/mol. The van der Waals surface area contributed by atoms with E-state index in [4.69, 9.17) is 14.2 Å². The van der Waals surface area contributed by atoms with Crippen LogP contribution in [0.25, 0.3) is 6.08 Å². The van der Waals surface area contributed by atoms with Crippen LogP contribution >= 0.6 is 0 Å². The van der Waals surface area contributed by atoms with E-state index in [0.29, 0.717) is 24.7 Å². The average molecular weight is 422 g/mol.